The van der Waals surface area contributed by atoms with Gasteiger partial charge in [-0.25, -0.2) is 9.59 Å². The summed E-state index contributed by atoms with van der Waals surface area (Å²) < 4.78 is 7.26. The van der Waals surface area contributed by atoms with Crippen molar-refractivity contribution in [3.05, 3.63) is 29.8 Å². The van der Waals surface area contributed by atoms with E-state index in [9.17, 15) is 14.4 Å². The van der Waals surface area contributed by atoms with Crippen LogP contribution in [0.2, 0.25) is 0 Å². The monoisotopic (exact) mass is 310 g/mol. The maximum Gasteiger partial charge on any atom is 0.338 e. The lowest BCUT2D eigenvalue weighted by Crippen LogP contribution is -2.24. The summed E-state index contributed by atoms with van der Waals surface area (Å²) in [5, 5.41) is 2.47. The minimum atomic E-state index is -0.492. The van der Waals surface area contributed by atoms with Crippen molar-refractivity contribution in [2.45, 2.75) is 26.7 Å². The van der Waals surface area contributed by atoms with Gasteiger partial charge in [0.2, 0.25) is 5.12 Å². The number of benzene rings is 1. The molecule has 7 heteroatoms. The standard InChI is InChI=1S/C14H18N2O4S/c1-3-5-12(17)21-16-14(19)15-11-8-6-10(7-9-11)13(18)20-4-2/h6-9H,3-5H2,1-2H3,(H2,15,16,19). The van der Waals surface area contributed by atoms with Crippen LogP contribution in [-0.4, -0.2) is 23.7 Å². The van der Waals surface area contributed by atoms with E-state index in [0.29, 0.717) is 24.3 Å². The molecule has 0 atom stereocenters. The van der Waals surface area contributed by atoms with E-state index >= 15 is 0 Å². The van der Waals surface area contributed by atoms with Gasteiger partial charge in [0.1, 0.15) is 0 Å². The number of nitrogens with one attached hydrogen (secondary N) is 2. The average molecular weight is 310 g/mol. The highest BCUT2D eigenvalue weighted by Crippen LogP contribution is 2.11. The van der Waals surface area contributed by atoms with Gasteiger partial charge in [0, 0.05) is 24.1 Å². The highest BCUT2D eigenvalue weighted by atomic mass is 32.2. The van der Waals surface area contributed by atoms with Crippen LogP contribution in [0.3, 0.4) is 0 Å². The van der Waals surface area contributed by atoms with E-state index in [1.54, 1.807) is 31.2 Å². The van der Waals surface area contributed by atoms with Crippen molar-refractivity contribution >= 4 is 34.8 Å². The summed E-state index contributed by atoms with van der Waals surface area (Å²) in [6.07, 6.45) is 1.16. The first-order chi connectivity index (χ1) is 10.1. The van der Waals surface area contributed by atoms with Crippen LogP contribution in [0.15, 0.2) is 24.3 Å². The van der Waals surface area contributed by atoms with Crippen LogP contribution in [-0.2, 0) is 9.53 Å². The van der Waals surface area contributed by atoms with E-state index in [1.807, 2.05) is 6.92 Å². The van der Waals surface area contributed by atoms with Crippen molar-refractivity contribution in [1.29, 1.82) is 0 Å². The summed E-state index contributed by atoms with van der Waals surface area (Å²) in [6.45, 7) is 3.93. The number of anilines is 1. The molecule has 0 unspecified atom stereocenters. The van der Waals surface area contributed by atoms with E-state index in [1.165, 1.54) is 0 Å². The first-order valence-corrected chi connectivity index (χ1v) is 7.42. The fraction of sp³-hybridized carbons (Fsp3) is 0.357. The summed E-state index contributed by atoms with van der Waals surface area (Å²) in [4.78, 5) is 34.3. The third kappa shape index (κ3) is 6.31. The molecule has 0 saturated carbocycles. The molecule has 1 rings (SSSR count). The highest BCUT2D eigenvalue weighted by Gasteiger charge is 2.08. The molecule has 0 aliphatic carbocycles. The maximum atomic E-state index is 11.6. The van der Waals surface area contributed by atoms with E-state index in [-0.39, 0.29) is 5.12 Å². The Kier molecular flexibility index (Phi) is 7.31. The molecule has 2 amide bonds. The van der Waals surface area contributed by atoms with E-state index in [4.69, 9.17) is 4.74 Å². The minimum absolute atomic E-state index is 0.0923. The molecule has 0 aromatic heterocycles. The van der Waals surface area contributed by atoms with Crippen LogP contribution < -0.4 is 10.0 Å². The number of rotatable bonds is 5. The molecule has 6 nitrogen and oxygen atoms in total. The normalized spacial score (nSPS) is 9.81. The van der Waals surface area contributed by atoms with Crippen LogP contribution in [0.1, 0.15) is 37.0 Å². The largest absolute Gasteiger partial charge is 0.462 e. The number of ether oxygens (including phenoxy) is 1. The minimum Gasteiger partial charge on any atom is -0.462 e. The Morgan fingerprint density at radius 3 is 2.38 bits per heavy atom. The Morgan fingerprint density at radius 1 is 1.14 bits per heavy atom. The Labute approximate surface area is 127 Å². The summed E-state index contributed by atoms with van der Waals surface area (Å²) >= 11 is 0.768. The number of hydrogen-bond acceptors (Lipinski definition) is 5. The second-order valence-electron chi connectivity index (χ2n) is 4.08. The number of carbonyl (C=O) groups is 3. The van der Waals surface area contributed by atoms with Crippen LogP contribution in [0.4, 0.5) is 10.5 Å². The Bertz CT molecular complexity index is 502. The van der Waals surface area contributed by atoms with Gasteiger partial charge in [-0.15, -0.1) is 0 Å². The van der Waals surface area contributed by atoms with E-state index in [0.717, 1.165) is 18.4 Å². The predicted octanol–water partition coefficient (Wildman–Crippen LogP) is 2.96. The zero-order valence-corrected chi connectivity index (χ0v) is 12.8. The van der Waals surface area contributed by atoms with Gasteiger partial charge < -0.3 is 10.1 Å². The maximum absolute atomic E-state index is 11.6. The number of esters is 1. The van der Waals surface area contributed by atoms with Crippen molar-refractivity contribution in [1.82, 2.24) is 4.72 Å². The molecular weight excluding hydrogens is 292 g/mol. The molecule has 0 heterocycles. The van der Waals surface area contributed by atoms with Gasteiger partial charge >= 0.3 is 12.0 Å². The molecule has 0 fully saturated rings. The lowest BCUT2D eigenvalue weighted by molar-refractivity contribution is -0.111. The van der Waals surface area contributed by atoms with Gasteiger partial charge in [0.25, 0.3) is 0 Å². The summed E-state index contributed by atoms with van der Waals surface area (Å²) in [6, 6.07) is 5.80. The van der Waals surface area contributed by atoms with Gasteiger partial charge in [0.05, 0.1) is 12.2 Å². The van der Waals surface area contributed by atoms with Crippen molar-refractivity contribution in [3.63, 3.8) is 0 Å². The summed E-state index contributed by atoms with van der Waals surface area (Å²) in [5.74, 6) is -0.408. The van der Waals surface area contributed by atoms with Gasteiger partial charge in [-0.1, -0.05) is 6.92 Å². The molecule has 114 valence electrons. The zero-order chi connectivity index (χ0) is 15.7. The van der Waals surface area contributed by atoms with Gasteiger partial charge in [0.15, 0.2) is 0 Å². The Hall–Kier alpha value is -2.02. The molecule has 1 aromatic rings. The molecule has 0 bridgehead atoms. The molecule has 0 radical (unpaired) electrons. The molecule has 0 aliphatic heterocycles. The van der Waals surface area contributed by atoms with Crippen molar-refractivity contribution in [2.75, 3.05) is 11.9 Å². The Balaban J connectivity index is 2.46. The van der Waals surface area contributed by atoms with E-state index < -0.39 is 12.0 Å². The Morgan fingerprint density at radius 2 is 1.81 bits per heavy atom. The SMILES string of the molecule is CCCC(=O)SNC(=O)Nc1ccc(C(=O)OCC)cc1. The topological polar surface area (TPSA) is 84.5 Å². The number of carbonyl (C=O) groups excluding carboxylic acids is 3. The second kappa shape index (κ2) is 9.02. The molecule has 1 aromatic carbocycles. The smallest absolute Gasteiger partial charge is 0.338 e. The van der Waals surface area contributed by atoms with Crippen molar-refractivity contribution in [2.24, 2.45) is 0 Å². The quantitative estimate of drug-likeness (QED) is 0.645. The third-order valence-electron chi connectivity index (χ3n) is 2.37. The van der Waals surface area contributed by atoms with Crippen LogP contribution in [0.25, 0.3) is 0 Å². The molecule has 2 N–H and O–H groups in total. The molecule has 21 heavy (non-hydrogen) atoms. The number of amides is 2. The zero-order valence-electron chi connectivity index (χ0n) is 12.0. The summed E-state index contributed by atoms with van der Waals surface area (Å²) in [7, 11) is 0. The van der Waals surface area contributed by atoms with Crippen molar-refractivity contribution < 1.29 is 19.1 Å². The third-order valence-corrected chi connectivity index (χ3v) is 3.08. The number of urea groups is 1. The van der Waals surface area contributed by atoms with Gasteiger partial charge in [-0.3, -0.25) is 9.52 Å². The average Bonchev–Trinajstić information content (AvgIpc) is 2.46. The van der Waals surface area contributed by atoms with Crippen LogP contribution in [0.5, 0.6) is 0 Å². The fourth-order valence-electron chi connectivity index (χ4n) is 1.42. The van der Waals surface area contributed by atoms with Gasteiger partial charge in [-0.05, 0) is 37.6 Å². The first-order valence-electron chi connectivity index (χ1n) is 6.60. The number of hydrogen-bond donors (Lipinski definition) is 2. The first kappa shape index (κ1) is 17.0. The summed E-state index contributed by atoms with van der Waals surface area (Å²) in [5.41, 5.74) is 0.930. The van der Waals surface area contributed by atoms with Gasteiger partial charge in [-0.2, -0.15) is 0 Å². The highest BCUT2D eigenvalue weighted by molar-refractivity contribution is 8.12. The predicted molar refractivity (Wildman–Crippen MR) is 82.1 cm³/mol. The van der Waals surface area contributed by atoms with E-state index in [2.05, 4.69) is 10.0 Å². The molecule has 0 spiro atoms. The molecule has 0 saturated heterocycles. The lowest BCUT2D eigenvalue weighted by atomic mass is 10.2. The molecule has 0 aliphatic rings. The fourth-order valence-corrected chi connectivity index (χ4v) is 1.98. The van der Waals surface area contributed by atoms with Crippen molar-refractivity contribution in [3.8, 4) is 0 Å². The lowest BCUT2D eigenvalue weighted by Gasteiger charge is -2.07. The molecular formula is C14H18N2O4S. The van der Waals surface area contributed by atoms with Crippen LogP contribution in [0, 0.1) is 0 Å². The second-order valence-corrected chi connectivity index (χ2v) is 4.94. The van der Waals surface area contributed by atoms with Crippen LogP contribution >= 0.6 is 11.9 Å².